The first-order valence-electron chi connectivity index (χ1n) is 10.3. The summed E-state index contributed by atoms with van der Waals surface area (Å²) >= 11 is 0. The molecule has 3 heterocycles. The third-order valence-corrected chi connectivity index (χ3v) is 4.83. The minimum atomic E-state index is 0.189. The van der Waals surface area contributed by atoms with Crippen LogP contribution in [0.25, 0.3) is 5.65 Å². The molecular weight excluding hydrogens is 352 g/mol. The monoisotopic (exact) mass is 386 g/mol. The summed E-state index contributed by atoms with van der Waals surface area (Å²) in [5.41, 5.74) is 3.10. The molecule has 1 aliphatic rings. The Morgan fingerprint density at radius 1 is 1.36 bits per heavy atom. The van der Waals surface area contributed by atoms with Crippen molar-refractivity contribution < 1.29 is 4.74 Å². The van der Waals surface area contributed by atoms with Gasteiger partial charge in [0.1, 0.15) is 5.65 Å². The molecule has 28 heavy (non-hydrogen) atoms. The molecule has 7 nitrogen and oxygen atoms in total. The van der Waals surface area contributed by atoms with E-state index in [4.69, 9.17) is 9.73 Å². The van der Waals surface area contributed by atoms with Gasteiger partial charge >= 0.3 is 0 Å². The van der Waals surface area contributed by atoms with Crippen LogP contribution in [0.1, 0.15) is 32.2 Å². The van der Waals surface area contributed by atoms with Gasteiger partial charge in [0.05, 0.1) is 24.9 Å². The van der Waals surface area contributed by atoms with Gasteiger partial charge < -0.3 is 19.8 Å². The first kappa shape index (κ1) is 20.6. The van der Waals surface area contributed by atoms with Crippen LogP contribution in [0.2, 0.25) is 0 Å². The molecule has 0 aliphatic carbocycles. The largest absolute Gasteiger partial charge is 0.374 e. The molecule has 1 atom stereocenters. The molecular formula is C21H34N6O. The Labute approximate surface area is 168 Å². The summed E-state index contributed by atoms with van der Waals surface area (Å²) in [7, 11) is 0. The van der Waals surface area contributed by atoms with E-state index in [2.05, 4.69) is 64.9 Å². The van der Waals surface area contributed by atoms with Gasteiger partial charge in [-0.25, -0.2) is 9.98 Å². The SMILES string of the molecule is CCNC(=NCc1cn2c(C)cccc2n1)NCC1CN(CC(C)C)CCO1. The van der Waals surface area contributed by atoms with Crippen LogP contribution in [0.4, 0.5) is 0 Å². The fourth-order valence-electron chi connectivity index (χ4n) is 3.57. The molecule has 0 radical (unpaired) electrons. The van der Waals surface area contributed by atoms with E-state index in [-0.39, 0.29) is 6.10 Å². The number of pyridine rings is 1. The summed E-state index contributed by atoms with van der Waals surface area (Å²) in [5.74, 6) is 1.49. The van der Waals surface area contributed by atoms with E-state index in [1.165, 1.54) is 5.69 Å². The number of ether oxygens (including phenoxy) is 1. The van der Waals surface area contributed by atoms with E-state index in [0.29, 0.717) is 12.5 Å². The molecule has 1 aliphatic heterocycles. The van der Waals surface area contributed by atoms with Crippen molar-refractivity contribution in [3.8, 4) is 0 Å². The van der Waals surface area contributed by atoms with Gasteiger partial charge in [0, 0.05) is 44.6 Å². The van der Waals surface area contributed by atoms with Gasteiger partial charge in [-0.15, -0.1) is 0 Å². The van der Waals surface area contributed by atoms with E-state index in [1.54, 1.807) is 0 Å². The van der Waals surface area contributed by atoms with Crippen molar-refractivity contribution in [3.05, 3.63) is 35.8 Å². The van der Waals surface area contributed by atoms with E-state index in [1.807, 2.05) is 12.1 Å². The number of aryl methyl sites for hydroxylation is 1. The van der Waals surface area contributed by atoms with E-state index >= 15 is 0 Å². The van der Waals surface area contributed by atoms with Gasteiger partial charge in [-0.05, 0) is 31.9 Å². The number of morpholine rings is 1. The Hall–Kier alpha value is -2.12. The van der Waals surface area contributed by atoms with Gasteiger partial charge in [-0.2, -0.15) is 0 Å². The number of nitrogens with zero attached hydrogens (tertiary/aromatic N) is 4. The summed E-state index contributed by atoms with van der Waals surface area (Å²) in [4.78, 5) is 11.9. The van der Waals surface area contributed by atoms with Crippen LogP contribution >= 0.6 is 0 Å². The van der Waals surface area contributed by atoms with E-state index in [9.17, 15) is 0 Å². The molecule has 1 unspecified atom stereocenters. The Bertz CT molecular complexity index is 784. The summed E-state index contributed by atoms with van der Waals surface area (Å²) in [5, 5.41) is 6.75. The van der Waals surface area contributed by atoms with Gasteiger partial charge in [-0.1, -0.05) is 19.9 Å². The fourth-order valence-corrected chi connectivity index (χ4v) is 3.57. The summed E-state index contributed by atoms with van der Waals surface area (Å²) in [6, 6.07) is 6.14. The highest BCUT2D eigenvalue weighted by Crippen LogP contribution is 2.10. The zero-order chi connectivity index (χ0) is 19.9. The van der Waals surface area contributed by atoms with Gasteiger partial charge in [0.15, 0.2) is 5.96 Å². The van der Waals surface area contributed by atoms with Crippen LogP contribution in [-0.4, -0.2) is 65.7 Å². The number of hydrogen-bond donors (Lipinski definition) is 2. The average molecular weight is 387 g/mol. The third-order valence-electron chi connectivity index (χ3n) is 4.83. The Morgan fingerprint density at radius 3 is 2.96 bits per heavy atom. The van der Waals surface area contributed by atoms with Crippen LogP contribution in [0.15, 0.2) is 29.4 Å². The number of guanidine groups is 1. The Kier molecular flexibility index (Phi) is 7.28. The van der Waals surface area contributed by atoms with Crippen LogP contribution in [0.5, 0.6) is 0 Å². The summed E-state index contributed by atoms with van der Waals surface area (Å²) < 4.78 is 8.03. The maximum absolute atomic E-state index is 5.93. The molecule has 2 N–H and O–H groups in total. The second kappa shape index (κ2) is 9.89. The lowest BCUT2D eigenvalue weighted by molar-refractivity contribution is -0.0284. The number of aromatic nitrogens is 2. The van der Waals surface area contributed by atoms with Crippen molar-refractivity contribution in [2.24, 2.45) is 10.9 Å². The highest BCUT2D eigenvalue weighted by molar-refractivity contribution is 5.79. The maximum Gasteiger partial charge on any atom is 0.191 e. The topological polar surface area (TPSA) is 66.2 Å². The highest BCUT2D eigenvalue weighted by Gasteiger charge is 2.21. The Balaban J connectivity index is 1.57. The van der Waals surface area contributed by atoms with Crippen LogP contribution in [0, 0.1) is 12.8 Å². The minimum absolute atomic E-state index is 0.189. The molecule has 3 rings (SSSR count). The van der Waals surface area contributed by atoms with Crippen molar-refractivity contribution in [1.82, 2.24) is 24.9 Å². The van der Waals surface area contributed by atoms with Gasteiger partial charge in [0.2, 0.25) is 0 Å². The molecule has 0 spiro atoms. The standard InChI is InChI=1S/C21H34N6O/c1-5-22-21(24-12-19-15-26(9-10-28-19)13-16(2)3)23-11-18-14-27-17(4)7-6-8-20(27)25-18/h6-8,14,16,19H,5,9-13,15H2,1-4H3,(H2,22,23,24). The molecule has 0 amide bonds. The molecule has 7 heteroatoms. The molecule has 0 aromatic carbocycles. The average Bonchev–Trinajstić information content (AvgIpc) is 3.08. The van der Waals surface area contributed by atoms with Crippen molar-refractivity contribution in [1.29, 1.82) is 0 Å². The third kappa shape index (κ3) is 5.69. The zero-order valence-electron chi connectivity index (χ0n) is 17.6. The molecule has 1 fully saturated rings. The number of rotatable bonds is 7. The molecule has 0 bridgehead atoms. The lowest BCUT2D eigenvalue weighted by Crippen LogP contribution is -2.50. The lowest BCUT2D eigenvalue weighted by Gasteiger charge is -2.34. The maximum atomic E-state index is 5.93. The summed E-state index contributed by atoms with van der Waals surface area (Å²) in [6.45, 7) is 14.7. The van der Waals surface area contributed by atoms with Crippen molar-refractivity contribution in [3.63, 3.8) is 0 Å². The number of fused-ring (bicyclic) bond motifs is 1. The second-order valence-electron chi connectivity index (χ2n) is 7.85. The predicted octanol–water partition coefficient (Wildman–Crippen LogP) is 2.05. The lowest BCUT2D eigenvalue weighted by atomic mass is 10.2. The number of imidazole rings is 1. The Morgan fingerprint density at radius 2 is 2.21 bits per heavy atom. The zero-order valence-corrected chi connectivity index (χ0v) is 17.6. The van der Waals surface area contributed by atoms with E-state index in [0.717, 1.165) is 56.6 Å². The van der Waals surface area contributed by atoms with Crippen molar-refractivity contribution >= 4 is 11.6 Å². The predicted molar refractivity (Wildman–Crippen MR) is 114 cm³/mol. The highest BCUT2D eigenvalue weighted by atomic mass is 16.5. The van der Waals surface area contributed by atoms with Crippen molar-refractivity contribution in [2.45, 2.75) is 40.3 Å². The quantitative estimate of drug-likeness (QED) is 0.563. The first-order valence-corrected chi connectivity index (χ1v) is 10.3. The number of nitrogens with one attached hydrogen (secondary N) is 2. The van der Waals surface area contributed by atoms with Gasteiger partial charge in [-0.3, -0.25) is 4.90 Å². The van der Waals surface area contributed by atoms with Crippen LogP contribution in [-0.2, 0) is 11.3 Å². The fraction of sp³-hybridized carbons (Fsp3) is 0.619. The smallest absolute Gasteiger partial charge is 0.191 e. The molecule has 2 aromatic heterocycles. The molecule has 0 saturated carbocycles. The first-order chi connectivity index (χ1) is 13.5. The van der Waals surface area contributed by atoms with Crippen LogP contribution in [0.3, 0.4) is 0 Å². The van der Waals surface area contributed by atoms with Gasteiger partial charge in [0.25, 0.3) is 0 Å². The molecule has 154 valence electrons. The normalized spacial score (nSPS) is 18.8. The van der Waals surface area contributed by atoms with Crippen molar-refractivity contribution in [2.75, 3.05) is 39.3 Å². The second-order valence-corrected chi connectivity index (χ2v) is 7.85. The molecule has 2 aromatic rings. The molecule has 1 saturated heterocycles. The minimum Gasteiger partial charge on any atom is -0.374 e. The summed E-state index contributed by atoms with van der Waals surface area (Å²) in [6.07, 6.45) is 2.25. The van der Waals surface area contributed by atoms with Crippen LogP contribution < -0.4 is 10.6 Å². The number of aliphatic imine (C=N–C) groups is 1. The van der Waals surface area contributed by atoms with E-state index < -0.39 is 0 Å². The number of hydrogen-bond acceptors (Lipinski definition) is 4.